The molecule has 1 aliphatic carbocycles. The van der Waals surface area contributed by atoms with Crippen molar-refractivity contribution in [2.24, 2.45) is 11.3 Å². The highest BCUT2D eigenvalue weighted by Crippen LogP contribution is 2.44. The molecule has 1 aromatic rings. The highest BCUT2D eigenvalue weighted by Gasteiger charge is 2.41. The van der Waals surface area contributed by atoms with Crippen LogP contribution in [0.4, 0.5) is 11.8 Å². The van der Waals surface area contributed by atoms with Gasteiger partial charge in [0, 0.05) is 18.2 Å². The Kier molecular flexibility index (Phi) is 2.70. The SMILES string of the molecule is NNc1nccc(NCC2(CO)CC2)n1. The molecule has 1 aliphatic rings. The van der Waals surface area contributed by atoms with Crippen molar-refractivity contribution < 1.29 is 5.11 Å². The van der Waals surface area contributed by atoms with Crippen molar-refractivity contribution in [2.45, 2.75) is 12.8 Å². The fraction of sp³-hybridized carbons (Fsp3) is 0.556. The van der Waals surface area contributed by atoms with Crippen molar-refractivity contribution in [3.05, 3.63) is 12.3 Å². The van der Waals surface area contributed by atoms with Crippen molar-refractivity contribution in [1.82, 2.24) is 9.97 Å². The number of aromatic nitrogens is 2. The largest absolute Gasteiger partial charge is 0.396 e. The lowest BCUT2D eigenvalue weighted by Crippen LogP contribution is -2.20. The van der Waals surface area contributed by atoms with Crippen LogP contribution in [0.5, 0.6) is 0 Å². The summed E-state index contributed by atoms with van der Waals surface area (Å²) in [5.74, 6) is 6.30. The first kappa shape index (κ1) is 10.1. The normalized spacial score (nSPS) is 17.2. The molecule has 1 saturated carbocycles. The van der Waals surface area contributed by atoms with E-state index in [-0.39, 0.29) is 12.0 Å². The number of nitrogens with zero attached hydrogens (tertiary/aromatic N) is 2. The van der Waals surface area contributed by atoms with E-state index >= 15 is 0 Å². The quantitative estimate of drug-likeness (QED) is 0.401. The van der Waals surface area contributed by atoms with E-state index < -0.39 is 0 Å². The molecule has 0 saturated heterocycles. The van der Waals surface area contributed by atoms with Gasteiger partial charge in [0.05, 0.1) is 6.61 Å². The maximum atomic E-state index is 9.13. The van der Waals surface area contributed by atoms with E-state index in [2.05, 4.69) is 20.7 Å². The van der Waals surface area contributed by atoms with E-state index in [0.29, 0.717) is 5.95 Å². The Morgan fingerprint density at radius 1 is 1.53 bits per heavy atom. The predicted octanol–water partition coefficient (Wildman–Crippen LogP) is -0.0534. The van der Waals surface area contributed by atoms with E-state index in [9.17, 15) is 0 Å². The monoisotopic (exact) mass is 209 g/mol. The third-order valence-electron chi connectivity index (χ3n) is 2.72. The summed E-state index contributed by atoms with van der Waals surface area (Å²) in [6.45, 7) is 0.970. The molecule has 0 aliphatic heterocycles. The molecule has 0 unspecified atom stereocenters. The predicted molar refractivity (Wildman–Crippen MR) is 57.1 cm³/mol. The molecular weight excluding hydrogens is 194 g/mol. The topological polar surface area (TPSA) is 96.1 Å². The molecule has 1 fully saturated rings. The molecule has 1 aromatic heterocycles. The molecule has 0 bridgehead atoms. The van der Waals surface area contributed by atoms with E-state index in [4.69, 9.17) is 10.9 Å². The van der Waals surface area contributed by atoms with Crippen molar-refractivity contribution in [3.8, 4) is 0 Å². The van der Waals surface area contributed by atoms with Crippen molar-refractivity contribution in [3.63, 3.8) is 0 Å². The summed E-state index contributed by atoms with van der Waals surface area (Å²) in [5, 5.41) is 12.3. The van der Waals surface area contributed by atoms with Crippen LogP contribution in [0.15, 0.2) is 12.3 Å². The molecule has 0 atom stereocenters. The van der Waals surface area contributed by atoms with Crippen LogP contribution in [0, 0.1) is 5.41 Å². The van der Waals surface area contributed by atoms with Gasteiger partial charge in [-0.3, -0.25) is 5.43 Å². The molecule has 5 N–H and O–H groups in total. The maximum absolute atomic E-state index is 9.13. The fourth-order valence-corrected chi connectivity index (χ4v) is 1.37. The second-order valence-corrected chi connectivity index (χ2v) is 3.92. The van der Waals surface area contributed by atoms with Crippen LogP contribution in [0.2, 0.25) is 0 Å². The number of nitrogen functional groups attached to an aromatic ring is 1. The Hall–Kier alpha value is -1.40. The minimum Gasteiger partial charge on any atom is -0.396 e. The maximum Gasteiger partial charge on any atom is 0.239 e. The van der Waals surface area contributed by atoms with Gasteiger partial charge >= 0.3 is 0 Å². The van der Waals surface area contributed by atoms with Gasteiger partial charge in [0.15, 0.2) is 0 Å². The lowest BCUT2D eigenvalue weighted by atomic mass is 10.1. The summed E-state index contributed by atoms with van der Waals surface area (Å²) in [4.78, 5) is 8.02. The molecule has 0 spiro atoms. The number of nitrogens with two attached hydrogens (primary N) is 1. The zero-order valence-electron chi connectivity index (χ0n) is 8.40. The summed E-state index contributed by atoms with van der Waals surface area (Å²) >= 11 is 0. The number of rotatable bonds is 5. The molecule has 6 heteroatoms. The standard InChI is InChI=1S/C9H15N5O/c10-14-8-11-4-1-7(13-8)12-5-9(6-15)2-3-9/h1,4,15H,2-3,5-6,10H2,(H2,11,12,13,14). The van der Waals surface area contributed by atoms with Crippen LogP contribution < -0.4 is 16.6 Å². The summed E-state index contributed by atoms with van der Waals surface area (Å²) in [6.07, 6.45) is 3.77. The first-order valence-electron chi connectivity index (χ1n) is 4.92. The molecule has 0 aromatic carbocycles. The van der Waals surface area contributed by atoms with Crippen molar-refractivity contribution in [2.75, 3.05) is 23.9 Å². The Bertz CT molecular complexity index is 339. The van der Waals surface area contributed by atoms with Gasteiger partial charge in [-0.2, -0.15) is 4.98 Å². The molecule has 6 nitrogen and oxygen atoms in total. The third-order valence-corrected chi connectivity index (χ3v) is 2.72. The number of hydrogen-bond donors (Lipinski definition) is 4. The molecule has 82 valence electrons. The third kappa shape index (κ3) is 2.34. The number of nitrogens with one attached hydrogen (secondary N) is 2. The van der Waals surface area contributed by atoms with Gasteiger partial charge in [0.25, 0.3) is 0 Å². The second kappa shape index (κ2) is 4.00. The van der Waals surface area contributed by atoms with Gasteiger partial charge in [-0.25, -0.2) is 10.8 Å². The van der Waals surface area contributed by atoms with Gasteiger partial charge in [-0.05, 0) is 18.9 Å². The zero-order chi connectivity index (χ0) is 10.7. The average molecular weight is 209 g/mol. The molecule has 2 rings (SSSR count). The summed E-state index contributed by atoms with van der Waals surface area (Å²) < 4.78 is 0. The number of anilines is 2. The Morgan fingerprint density at radius 2 is 2.33 bits per heavy atom. The smallest absolute Gasteiger partial charge is 0.239 e. The van der Waals surface area contributed by atoms with Crippen LogP contribution in [-0.4, -0.2) is 28.2 Å². The molecule has 0 radical (unpaired) electrons. The van der Waals surface area contributed by atoms with Crippen LogP contribution >= 0.6 is 0 Å². The average Bonchev–Trinajstić information content (AvgIpc) is 3.07. The second-order valence-electron chi connectivity index (χ2n) is 3.92. The zero-order valence-corrected chi connectivity index (χ0v) is 8.40. The minimum atomic E-state index is 0.0707. The van der Waals surface area contributed by atoms with E-state index in [1.807, 2.05) is 0 Å². The fourth-order valence-electron chi connectivity index (χ4n) is 1.37. The van der Waals surface area contributed by atoms with E-state index in [1.54, 1.807) is 12.3 Å². The lowest BCUT2D eigenvalue weighted by Gasteiger charge is -2.13. The van der Waals surface area contributed by atoms with Crippen LogP contribution in [0.1, 0.15) is 12.8 Å². The Labute approximate surface area is 87.9 Å². The summed E-state index contributed by atoms with van der Waals surface area (Å²) in [5.41, 5.74) is 2.45. The van der Waals surface area contributed by atoms with Gasteiger partial charge in [-0.1, -0.05) is 0 Å². The molecular formula is C9H15N5O. The number of aliphatic hydroxyl groups is 1. The van der Waals surface area contributed by atoms with Crippen molar-refractivity contribution >= 4 is 11.8 Å². The van der Waals surface area contributed by atoms with Gasteiger partial charge in [0.1, 0.15) is 5.82 Å². The molecule has 1 heterocycles. The van der Waals surface area contributed by atoms with Crippen LogP contribution in [-0.2, 0) is 0 Å². The van der Waals surface area contributed by atoms with Crippen molar-refractivity contribution in [1.29, 1.82) is 0 Å². The summed E-state index contributed by atoms with van der Waals surface area (Å²) in [7, 11) is 0. The van der Waals surface area contributed by atoms with E-state index in [0.717, 1.165) is 25.2 Å². The lowest BCUT2D eigenvalue weighted by molar-refractivity contribution is 0.219. The molecule has 15 heavy (non-hydrogen) atoms. The van der Waals surface area contributed by atoms with Gasteiger partial charge < -0.3 is 10.4 Å². The summed E-state index contributed by atoms with van der Waals surface area (Å²) in [6, 6.07) is 1.77. The van der Waals surface area contributed by atoms with Crippen LogP contribution in [0.25, 0.3) is 0 Å². The number of hydrogen-bond acceptors (Lipinski definition) is 6. The van der Waals surface area contributed by atoms with Gasteiger partial charge in [-0.15, -0.1) is 0 Å². The first-order valence-corrected chi connectivity index (χ1v) is 4.92. The minimum absolute atomic E-state index is 0.0707. The van der Waals surface area contributed by atoms with Gasteiger partial charge in [0.2, 0.25) is 5.95 Å². The number of aliphatic hydroxyl groups excluding tert-OH is 1. The first-order chi connectivity index (χ1) is 7.28. The van der Waals surface area contributed by atoms with Crippen LogP contribution in [0.3, 0.4) is 0 Å². The molecule has 0 amide bonds. The Balaban J connectivity index is 1.93. The Morgan fingerprint density at radius 3 is 2.93 bits per heavy atom. The highest BCUT2D eigenvalue weighted by atomic mass is 16.3. The number of hydrazine groups is 1. The van der Waals surface area contributed by atoms with E-state index in [1.165, 1.54) is 0 Å². The highest BCUT2D eigenvalue weighted by molar-refractivity contribution is 5.39.